The largest absolute Gasteiger partial charge is 0.282 e. The van der Waals surface area contributed by atoms with Crippen LogP contribution in [0.3, 0.4) is 0 Å². The Bertz CT molecular complexity index is 310. The zero-order chi connectivity index (χ0) is 12.0. The van der Waals surface area contributed by atoms with Crippen LogP contribution in [0, 0.1) is 0 Å². The summed E-state index contributed by atoms with van der Waals surface area (Å²) in [4.78, 5) is 25.4. The van der Waals surface area contributed by atoms with Gasteiger partial charge >= 0.3 is 0 Å². The molecule has 0 aromatic heterocycles. The van der Waals surface area contributed by atoms with E-state index in [9.17, 15) is 9.59 Å². The minimum absolute atomic E-state index is 0.0525. The van der Waals surface area contributed by atoms with Crippen LogP contribution in [-0.4, -0.2) is 30.0 Å². The third kappa shape index (κ3) is 3.48. The normalized spacial score (nSPS) is 17.8. The van der Waals surface area contributed by atoms with Gasteiger partial charge in [-0.15, -0.1) is 0 Å². The van der Waals surface area contributed by atoms with Crippen LogP contribution in [0.1, 0.15) is 32.6 Å². The molecule has 1 saturated heterocycles. The highest BCUT2D eigenvalue weighted by Crippen LogP contribution is 2.21. The highest BCUT2D eigenvalue weighted by molar-refractivity contribution is 8.01. The van der Waals surface area contributed by atoms with Crippen molar-refractivity contribution in [3.05, 3.63) is 11.0 Å². The molecule has 1 aliphatic heterocycles. The maximum Gasteiger partial charge on any atom is 0.229 e. The highest BCUT2D eigenvalue weighted by Gasteiger charge is 2.25. The molecule has 0 radical (unpaired) electrons. The predicted molar refractivity (Wildman–Crippen MR) is 66.1 cm³/mol. The molecule has 0 aliphatic carbocycles. The first kappa shape index (κ1) is 13.0. The molecule has 0 spiro atoms. The van der Waals surface area contributed by atoms with E-state index in [1.807, 2.05) is 13.0 Å². The quantitative estimate of drug-likeness (QED) is 0.420. The number of rotatable bonds is 5. The van der Waals surface area contributed by atoms with Gasteiger partial charge in [0.05, 0.1) is 0 Å². The molecule has 0 aromatic carbocycles. The molecular formula is C11H16N2O2S. The number of piperidine rings is 1. The minimum Gasteiger partial charge on any atom is -0.282 e. The lowest BCUT2D eigenvalue weighted by molar-refractivity contribution is -0.147. The number of carbonyl (C=O) groups excluding carboxylic acids is 2. The van der Waals surface area contributed by atoms with E-state index in [-0.39, 0.29) is 11.8 Å². The van der Waals surface area contributed by atoms with Gasteiger partial charge in [0.2, 0.25) is 11.8 Å². The predicted octanol–water partition coefficient (Wildman–Crippen LogP) is 2.17. The summed E-state index contributed by atoms with van der Waals surface area (Å²) in [6.45, 7) is 5.77. The topological polar surface area (TPSA) is 49.7 Å². The Balaban J connectivity index is 2.49. The third-order valence-electron chi connectivity index (χ3n) is 2.47. The zero-order valence-corrected chi connectivity index (χ0v) is 10.3. The number of allylic oxidation sites excluding steroid dienone is 1. The van der Waals surface area contributed by atoms with E-state index >= 15 is 0 Å². The fourth-order valence-electron chi connectivity index (χ4n) is 1.60. The summed E-state index contributed by atoms with van der Waals surface area (Å²) in [6.07, 6.45) is 4.26. The monoisotopic (exact) mass is 240 g/mol. The molecule has 0 unspecified atom stereocenters. The minimum atomic E-state index is -0.0525. The molecular weight excluding hydrogens is 224 g/mol. The Kier molecular flexibility index (Phi) is 5.25. The average Bonchev–Trinajstić information content (AvgIpc) is 2.27. The van der Waals surface area contributed by atoms with E-state index in [2.05, 4.69) is 11.1 Å². The van der Waals surface area contributed by atoms with E-state index in [0.29, 0.717) is 32.2 Å². The number of nitrogens with zero attached hydrogens (tertiary/aromatic N) is 2. The maximum absolute atomic E-state index is 11.5. The first-order chi connectivity index (χ1) is 7.69. The van der Waals surface area contributed by atoms with Gasteiger partial charge in [-0.25, -0.2) is 4.40 Å². The molecule has 1 rings (SSSR count). The Morgan fingerprint density at radius 1 is 1.50 bits per heavy atom. The summed E-state index contributed by atoms with van der Waals surface area (Å²) in [5, 5.41) is 0. The molecule has 88 valence electrons. The van der Waals surface area contributed by atoms with Crippen molar-refractivity contribution in [1.29, 1.82) is 0 Å². The van der Waals surface area contributed by atoms with Crippen molar-refractivity contribution in [3.63, 3.8) is 0 Å². The van der Waals surface area contributed by atoms with Crippen molar-refractivity contribution in [2.24, 2.45) is 4.40 Å². The molecule has 1 aliphatic rings. The smallest absolute Gasteiger partial charge is 0.229 e. The number of amides is 2. The lowest BCUT2D eigenvalue weighted by Gasteiger charge is -2.24. The fourth-order valence-corrected chi connectivity index (χ4v) is 2.05. The second-order valence-corrected chi connectivity index (χ2v) is 4.48. The second kappa shape index (κ2) is 6.48. The van der Waals surface area contributed by atoms with Gasteiger partial charge in [-0.2, -0.15) is 0 Å². The summed E-state index contributed by atoms with van der Waals surface area (Å²) in [6, 6.07) is 0. The van der Waals surface area contributed by atoms with Gasteiger partial charge < -0.3 is 0 Å². The molecule has 0 bridgehead atoms. The van der Waals surface area contributed by atoms with Crippen LogP contribution in [0.15, 0.2) is 15.4 Å². The highest BCUT2D eigenvalue weighted by atomic mass is 32.2. The number of imide groups is 1. The van der Waals surface area contributed by atoms with E-state index < -0.39 is 0 Å². The molecule has 5 heteroatoms. The van der Waals surface area contributed by atoms with Gasteiger partial charge in [0.15, 0.2) is 0 Å². The van der Waals surface area contributed by atoms with Crippen LogP contribution >= 0.6 is 11.9 Å². The summed E-state index contributed by atoms with van der Waals surface area (Å²) in [5.74, 6) is -0.105. The van der Waals surface area contributed by atoms with Crippen LogP contribution < -0.4 is 0 Å². The standard InChI is InChI=1S/C11H16N2O2S/c1-3-9(16-12-2)7-8-13-10(14)5-4-6-11(13)15/h3H,2,4-8H2,1H3. The Hall–Kier alpha value is -1.10. The summed E-state index contributed by atoms with van der Waals surface area (Å²) in [5.41, 5.74) is 0. The fraction of sp³-hybridized carbons (Fsp3) is 0.545. The van der Waals surface area contributed by atoms with Crippen molar-refractivity contribution in [1.82, 2.24) is 4.90 Å². The molecule has 0 saturated carbocycles. The maximum atomic E-state index is 11.5. The molecule has 0 N–H and O–H groups in total. The Morgan fingerprint density at radius 3 is 2.62 bits per heavy atom. The van der Waals surface area contributed by atoms with Gasteiger partial charge in [-0.1, -0.05) is 6.08 Å². The van der Waals surface area contributed by atoms with Gasteiger partial charge in [0.25, 0.3) is 0 Å². The van der Waals surface area contributed by atoms with Crippen molar-refractivity contribution < 1.29 is 9.59 Å². The first-order valence-corrected chi connectivity index (χ1v) is 6.07. The van der Waals surface area contributed by atoms with Crippen molar-refractivity contribution in [2.45, 2.75) is 32.6 Å². The molecule has 0 atom stereocenters. The van der Waals surface area contributed by atoms with Gasteiger partial charge in [-0.05, 0) is 26.5 Å². The molecule has 2 amide bonds. The molecule has 16 heavy (non-hydrogen) atoms. The van der Waals surface area contributed by atoms with Crippen molar-refractivity contribution in [2.75, 3.05) is 6.54 Å². The van der Waals surface area contributed by atoms with E-state index in [1.54, 1.807) is 0 Å². The molecule has 4 nitrogen and oxygen atoms in total. The number of likely N-dealkylation sites (tertiary alicyclic amines) is 1. The van der Waals surface area contributed by atoms with Crippen LogP contribution in [0.25, 0.3) is 0 Å². The van der Waals surface area contributed by atoms with E-state index in [4.69, 9.17) is 0 Å². The van der Waals surface area contributed by atoms with Gasteiger partial charge in [0, 0.05) is 36.2 Å². The molecule has 0 aromatic rings. The first-order valence-electron chi connectivity index (χ1n) is 5.30. The average molecular weight is 240 g/mol. The Morgan fingerprint density at radius 2 is 2.12 bits per heavy atom. The van der Waals surface area contributed by atoms with Crippen molar-refractivity contribution in [3.8, 4) is 0 Å². The number of carbonyl (C=O) groups is 2. The van der Waals surface area contributed by atoms with E-state index in [0.717, 1.165) is 4.91 Å². The summed E-state index contributed by atoms with van der Waals surface area (Å²) < 4.78 is 3.72. The van der Waals surface area contributed by atoms with Gasteiger partial charge in [-0.3, -0.25) is 14.5 Å². The molecule has 1 heterocycles. The van der Waals surface area contributed by atoms with Crippen LogP contribution in [-0.2, 0) is 9.59 Å². The van der Waals surface area contributed by atoms with Crippen LogP contribution in [0.5, 0.6) is 0 Å². The van der Waals surface area contributed by atoms with Crippen molar-refractivity contribution >= 4 is 30.5 Å². The molecule has 1 fully saturated rings. The zero-order valence-electron chi connectivity index (χ0n) is 9.44. The van der Waals surface area contributed by atoms with Crippen LogP contribution in [0.4, 0.5) is 0 Å². The third-order valence-corrected chi connectivity index (χ3v) is 3.27. The van der Waals surface area contributed by atoms with Crippen LogP contribution in [0.2, 0.25) is 0 Å². The Labute approximate surface area is 99.9 Å². The van der Waals surface area contributed by atoms with E-state index in [1.165, 1.54) is 16.8 Å². The lowest BCUT2D eigenvalue weighted by atomic mass is 10.1. The summed E-state index contributed by atoms with van der Waals surface area (Å²) in [7, 11) is 0. The van der Waals surface area contributed by atoms with Gasteiger partial charge in [0.1, 0.15) is 0 Å². The SMILES string of the molecule is C=NSC(=CC)CCN1C(=O)CCCC1=O. The summed E-state index contributed by atoms with van der Waals surface area (Å²) >= 11 is 1.29. The second-order valence-electron chi connectivity index (χ2n) is 3.52. The number of hydrogen-bond donors (Lipinski definition) is 0. The lowest BCUT2D eigenvalue weighted by Crippen LogP contribution is -2.40. The number of hydrogen-bond acceptors (Lipinski definition) is 4.